The average Bonchev–Trinajstić information content (AvgIpc) is 3.49. The van der Waals surface area contributed by atoms with Crippen LogP contribution < -0.4 is 10.1 Å². The van der Waals surface area contributed by atoms with Crippen molar-refractivity contribution in [3.63, 3.8) is 0 Å². The lowest BCUT2D eigenvalue weighted by atomic mass is 9.87. The summed E-state index contributed by atoms with van der Waals surface area (Å²) in [6, 6.07) is 14.6. The number of urea groups is 1. The van der Waals surface area contributed by atoms with Crippen LogP contribution in [0.1, 0.15) is 56.1 Å². The molecule has 0 spiro atoms. The smallest absolute Gasteiger partial charge is 0.324 e. The van der Waals surface area contributed by atoms with E-state index in [1.54, 1.807) is 36.1 Å². The fraction of sp³-hybridized carbons (Fsp3) is 0.382. The minimum Gasteiger partial charge on any atom is -0.481 e. The zero-order chi connectivity index (χ0) is 32.3. The van der Waals surface area contributed by atoms with Gasteiger partial charge in [-0.15, -0.1) is 0 Å². The number of likely N-dealkylation sites (tertiary alicyclic amines) is 1. The molecule has 1 unspecified atom stereocenters. The standard InChI is InChI=1S/C34H37F4N3O4/c1-2-39-34(44)41(33(43)22-45-31-16-15-28(37)19-30(31)38)21-23-17-18-40(20-23)32(42)6-4-3-5-29(24-7-11-26(35)12-8-24)25-9-13-27(36)14-10-25/h7-16,19,23,29H,2-6,17-18,20-22H2,1H3,(H,39,44). The molecule has 0 saturated carbocycles. The molecule has 0 bridgehead atoms. The van der Waals surface area contributed by atoms with Gasteiger partial charge in [0, 0.05) is 44.6 Å². The summed E-state index contributed by atoms with van der Waals surface area (Å²) in [5.41, 5.74) is 1.83. The summed E-state index contributed by atoms with van der Waals surface area (Å²) in [6.07, 6.45) is 2.96. The molecule has 0 aromatic heterocycles. The number of benzene rings is 3. The van der Waals surface area contributed by atoms with Crippen LogP contribution in [0.5, 0.6) is 5.75 Å². The second-order valence-corrected chi connectivity index (χ2v) is 11.1. The molecule has 0 radical (unpaired) electrons. The van der Waals surface area contributed by atoms with Gasteiger partial charge in [0.15, 0.2) is 18.2 Å². The van der Waals surface area contributed by atoms with Gasteiger partial charge in [0.1, 0.15) is 17.5 Å². The lowest BCUT2D eigenvalue weighted by Crippen LogP contribution is -2.48. The first kappa shape index (κ1) is 33.5. The van der Waals surface area contributed by atoms with Crippen LogP contribution in [0.15, 0.2) is 66.7 Å². The molecular weight excluding hydrogens is 590 g/mol. The average molecular weight is 628 g/mol. The number of carbonyl (C=O) groups excluding carboxylic acids is 3. The minimum atomic E-state index is -0.960. The van der Waals surface area contributed by atoms with Gasteiger partial charge in [-0.05, 0) is 79.6 Å². The number of amides is 4. The molecule has 1 aliphatic heterocycles. The predicted molar refractivity (Wildman–Crippen MR) is 160 cm³/mol. The first-order valence-corrected chi connectivity index (χ1v) is 15.1. The summed E-state index contributed by atoms with van der Waals surface area (Å²) in [4.78, 5) is 41.3. The van der Waals surface area contributed by atoms with Crippen molar-refractivity contribution in [3.05, 3.63) is 101 Å². The Labute approximate surface area is 260 Å². The molecule has 1 aliphatic rings. The highest BCUT2D eigenvalue weighted by atomic mass is 19.1. The van der Waals surface area contributed by atoms with Crippen LogP contribution in [-0.4, -0.2) is 60.4 Å². The fourth-order valence-corrected chi connectivity index (χ4v) is 5.52. The molecule has 4 amide bonds. The second-order valence-electron chi connectivity index (χ2n) is 11.1. The van der Waals surface area contributed by atoms with Gasteiger partial charge in [0.2, 0.25) is 5.91 Å². The molecule has 3 aromatic rings. The van der Waals surface area contributed by atoms with Crippen LogP contribution in [0.4, 0.5) is 22.4 Å². The van der Waals surface area contributed by atoms with Crippen molar-refractivity contribution in [2.24, 2.45) is 5.92 Å². The molecule has 11 heteroatoms. The number of hydrogen-bond acceptors (Lipinski definition) is 4. The third kappa shape index (κ3) is 9.54. The van der Waals surface area contributed by atoms with Crippen molar-refractivity contribution >= 4 is 17.8 Å². The van der Waals surface area contributed by atoms with Crippen LogP contribution >= 0.6 is 0 Å². The van der Waals surface area contributed by atoms with E-state index in [1.165, 1.54) is 24.3 Å². The Kier molecular flexibility index (Phi) is 11.9. The van der Waals surface area contributed by atoms with Gasteiger partial charge >= 0.3 is 6.03 Å². The topological polar surface area (TPSA) is 79.0 Å². The predicted octanol–water partition coefficient (Wildman–Crippen LogP) is 6.42. The number of nitrogens with one attached hydrogen (secondary N) is 1. The Morgan fingerprint density at radius 1 is 0.911 bits per heavy atom. The van der Waals surface area contributed by atoms with Crippen LogP contribution in [0.25, 0.3) is 0 Å². The Hall–Kier alpha value is -4.41. The maximum atomic E-state index is 13.9. The van der Waals surface area contributed by atoms with Crippen molar-refractivity contribution in [2.45, 2.75) is 44.9 Å². The van der Waals surface area contributed by atoms with Crippen LogP contribution in [-0.2, 0) is 9.59 Å². The highest BCUT2D eigenvalue weighted by Gasteiger charge is 2.31. The lowest BCUT2D eigenvalue weighted by molar-refractivity contribution is -0.131. The van der Waals surface area contributed by atoms with Crippen molar-refractivity contribution in [1.82, 2.24) is 15.1 Å². The van der Waals surface area contributed by atoms with Gasteiger partial charge in [-0.2, -0.15) is 0 Å². The summed E-state index contributed by atoms with van der Waals surface area (Å²) in [7, 11) is 0. The normalized spacial score (nSPS) is 14.4. The number of imide groups is 1. The van der Waals surface area contributed by atoms with E-state index in [-0.39, 0.29) is 48.2 Å². The molecule has 1 atom stereocenters. The Morgan fingerprint density at radius 2 is 1.53 bits per heavy atom. The minimum absolute atomic E-state index is 0.0244. The van der Waals surface area contributed by atoms with E-state index in [1.807, 2.05) is 0 Å². The molecule has 3 aromatic carbocycles. The molecule has 1 saturated heterocycles. The summed E-state index contributed by atoms with van der Waals surface area (Å²) >= 11 is 0. The van der Waals surface area contributed by atoms with Gasteiger partial charge in [-0.1, -0.05) is 30.7 Å². The maximum Gasteiger partial charge on any atom is 0.324 e. The van der Waals surface area contributed by atoms with E-state index in [0.29, 0.717) is 44.8 Å². The van der Waals surface area contributed by atoms with Crippen LogP contribution in [0, 0.1) is 29.2 Å². The quantitative estimate of drug-likeness (QED) is 0.175. The summed E-state index contributed by atoms with van der Waals surface area (Å²) in [5.74, 6) is -3.65. The molecule has 4 rings (SSSR count). The highest BCUT2D eigenvalue weighted by molar-refractivity contribution is 5.95. The molecule has 7 nitrogen and oxygen atoms in total. The molecule has 0 aliphatic carbocycles. The molecule has 1 N–H and O–H groups in total. The Morgan fingerprint density at radius 3 is 2.13 bits per heavy atom. The summed E-state index contributed by atoms with van der Waals surface area (Å²) < 4.78 is 59.4. The van der Waals surface area contributed by atoms with Crippen molar-refractivity contribution < 1.29 is 36.7 Å². The van der Waals surface area contributed by atoms with E-state index < -0.39 is 30.2 Å². The van der Waals surface area contributed by atoms with Crippen LogP contribution in [0.3, 0.4) is 0 Å². The number of halogens is 4. The number of unbranched alkanes of at least 4 members (excludes halogenated alkanes) is 1. The summed E-state index contributed by atoms with van der Waals surface area (Å²) in [5, 5.41) is 2.59. The van der Waals surface area contributed by atoms with E-state index >= 15 is 0 Å². The SMILES string of the molecule is CCNC(=O)N(CC1CCN(C(=O)CCCCC(c2ccc(F)cc2)c2ccc(F)cc2)C1)C(=O)COc1ccc(F)cc1F. The van der Waals surface area contributed by atoms with Gasteiger partial charge in [-0.3, -0.25) is 14.5 Å². The van der Waals surface area contributed by atoms with E-state index in [9.17, 15) is 31.9 Å². The van der Waals surface area contributed by atoms with Gasteiger partial charge in [0.05, 0.1) is 0 Å². The first-order valence-electron chi connectivity index (χ1n) is 15.1. The van der Waals surface area contributed by atoms with Gasteiger partial charge in [-0.25, -0.2) is 22.4 Å². The second kappa shape index (κ2) is 16.1. The van der Waals surface area contributed by atoms with E-state index in [0.717, 1.165) is 34.6 Å². The van der Waals surface area contributed by atoms with Crippen molar-refractivity contribution in [2.75, 3.05) is 32.8 Å². The molecule has 1 heterocycles. The van der Waals surface area contributed by atoms with Gasteiger partial charge in [0.25, 0.3) is 5.91 Å². The zero-order valence-corrected chi connectivity index (χ0v) is 25.1. The van der Waals surface area contributed by atoms with Crippen LogP contribution in [0.2, 0.25) is 0 Å². The van der Waals surface area contributed by atoms with E-state index in [4.69, 9.17) is 4.74 Å². The zero-order valence-electron chi connectivity index (χ0n) is 25.1. The number of nitrogens with zero attached hydrogens (tertiary/aromatic N) is 2. The lowest BCUT2D eigenvalue weighted by Gasteiger charge is -2.24. The van der Waals surface area contributed by atoms with Crippen molar-refractivity contribution in [1.29, 1.82) is 0 Å². The van der Waals surface area contributed by atoms with Crippen molar-refractivity contribution in [3.8, 4) is 5.75 Å². The van der Waals surface area contributed by atoms with E-state index in [2.05, 4.69) is 5.32 Å². The molecule has 240 valence electrons. The molecular formula is C34H37F4N3O4. The first-order chi connectivity index (χ1) is 21.6. The molecule has 45 heavy (non-hydrogen) atoms. The fourth-order valence-electron chi connectivity index (χ4n) is 5.52. The monoisotopic (exact) mass is 627 g/mol. The maximum absolute atomic E-state index is 13.9. The highest BCUT2D eigenvalue weighted by Crippen LogP contribution is 2.31. The summed E-state index contributed by atoms with van der Waals surface area (Å²) in [6.45, 7) is 2.30. The number of carbonyl (C=O) groups is 3. The largest absolute Gasteiger partial charge is 0.481 e. The Balaban J connectivity index is 1.28. The third-order valence-corrected chi connectivity index (χ3v) is 7.88. The number of rotatable bonds is 13. The number of ether oxygens (including phenoxy) is 1. The molecule has 1 fully saturated rings. The number of hydrogen-bond donors (Lipinski definition) is 1. The Bertz CT molecular complexity index is 1410. The third-order valence-electron chi connectivity index (χ3n) is 7.88. The van der Waals surface area contributed by atoms with Gasteiger partial charge < -0.3 is 15.0 Å².